The fourth-order valence-electron chi connectivity index (χ4n) is 4.26. The van der Waals surface area contributed by atoms with Gasteiger partial charge in [0.2, 0.25) is 11.8 Å². The molecule has 5 unspecified atom stereocenters. The molecule has 2 heterocycles. The zero-order valence-corrected chi connectivity index (χ0v) is 15.1. The summed E-state index contributed by atoms with van der Waals surface area (Å²) < 4.78 is 14.1. The molecule has 3 aliphatic rings. The smallest absolute Gasteiger partial charge is 0.247 e. The third kappa shape index (κ3) is 4.24. The van der Waals surface area contributed by atoms with Gasteiger partial charge >= 0.3 is 0 Å². The van der Waals surface area contributed by atoms with Crippen molar-refractivity contribution in [3.05, 3.63) is 11.6 Å². The average Bonchev–Trinajstić information content (AvgIpc) is 2.63. The van der Waals surface area contributed by atoms with E-state index in [0.29, 0.717) is 18.5 Å². The van der Waals surface area contributed by atoms with E-state index in [9.17, 15) is 14.0 Å². The predicted octanol–water partition coefficient (Wildman–Crippen LogP) is 1.34. The standard InChI is InChI=1S/C19H27FN4O2/c1-11(16-6-5-12(9-21)10-22-16)23-18(25)8-13-7-14-15(20)3-2-4-17(14)24-19(13)26/h7,11-12,14-17,22H,2-6,8,10H2,1H3,(H,23,25)(H,24,26)/t11-,12?,14?,15?,16?,17?/m1/s1. The monoisotopic (exact) mass is 362 g/mol. The second kappa shape index (κ2) is 8.17. The minimum absolute atomic E-state index is 0.0281. The molecule has 6 nitrogen and oxygen atoms in total. The molecule has 0 bridgehead atoms. The number of nitriles is 1. The number of halogens is 1. The lowest BCUT2D eigenvalue weighted by Gasteiger charge is -2.36. The van der Waals surface area contributed by atoms with Gasteiger partial charge in [-0.25, -0.2) is 4.39 Å². The summed E-state index contributed by atoms with van der Waals surface area (Å²) in [4.78, 5) is 24.6. The molecule has 7 heteroatoms. The van der Waals surface area contributed by atoms with Crippen molar-refractivity contribution in [1.29, 1.82) is 5.26 Å². The van der Waals surface area contributed by atoms with Crippen LogP contribution in [-0.2, 0) is 9.59 Å². The lowest BCUT2D eigenvalue weighted by atomic mass is 9.79. The van der Waals surface area contributed by atoms with Gasteiger partial charge in [0, 0.05) is 36.2 Å². The van der Waals surface area contributed by atoms with Gasteiger partial charge in [0.25, 0.3) is 0 Å². The van der Waals surface area contributed by atoms with Gasteiger partial charge in [-0.3, -0.25) is 9.59 Å². The van der Waals surface area contributed by atoms with Crippen LogP contribution in [0.5, 0.6) is 0 Å². The number of rotatable bonds is 4. The molecule has 3 rings (SSSR count). The van der Waals surface area contributed by atoms with Gasteiger partial charge in [-0.2, -0.15) is 5.26 Å². The summed E-state index contributed by atoms with van der Waals surface area (Å²) in [7, 11) is 0. The van der Waals surface area contributed by atoms with Crippen molar-refractivity contribution in [2.45, 2.75) is 69.7 Å². The minimum atomic E-state index is -0.953. The molecule has 2 amide bonds. The summed E-state index contributed by atoms with van der Waals surface area (Å²) in [5, 5.41) is 18.0. The summed E-state index contributed by atoms with van der Waals surface area (Å²) >= 11 is 0. The highest BCUT2D eigenvalue weighted by molar-refractivity contribution is 5.99. The van der Waals surface area contributed by atoms with Crippen molar-refractivity contribution >= 4 is 11.8 Å². The zero-order valence-electron chi connectivity index (χ0n) is 15.1. The van der Waals surface area contributed by atoms with Crippen LogP contribution in [0.15, 0.2) is 11.6 Å². The van der Waals surface area contributed by atoms with Crippen molar-refractivity contribution in [3.63, 3.8) is 0 Å². The van der Waals surface area contributed by atoms with E-state index in [1.165, 1.54) is 0 Å². The molecule has 0 aromatic rings. The van der Waals surface area contributed by atoms with Crippen LogP contribution >= 0.6 is 0 Å². The Bertz CT molecular complexity index is 622. The molecular formula is C19H27FN4O2. The van der Waals surface area contributed by atoms with E-state index in [1.807, 2.05) is 6.92 Å². The molecule has 3 N–H and O–H groups in total. The van der Waals surface area contributed by atoms with Crippen LogP contribution in [0, 0.1) is 23.2 Å². The summed E-state index contributed by atoms with van der Waals surface area (Å²) in [6, 6.07) is 2.14. The van der Waals surface area contributed by atoms with E-state index < -0.39 is 6.17 Å². The Morgan fingerprint density at radius 2 is 2.23 bits per heavy atom. The summed E-state index contributed by atoms with van der Waals surface area (Å²) in [6.07, 6.45) is 4.44. The Labute approximate surface area is 153 Å². The van der Waals surface area contributed by atoms with Crippen LogP contribution in [0.4, 0.5) is 4.39 Å². The number of hydrogen-bond donors (Lipinski definition) is 3. The molecule has 1 aliphatic carbocycles. The highest BCUT2D eigenvalue weighted by atomic mass is 19.1. The molecule has 6 atom stereocenters. The quantitative estimate of drug-likeness (QED) is 0.703. The third-order valence-corrected chi connectivity index (χ3v) is 5.86. The Morgan fingerprint density at radius 1 is 1.42 bits per heavy atom. The van der Waals surface area contributed by atoms with Crippen molar-refractivity contribution in [3.8, 4) is 6.07 Å². The van der Waals surface area contributed by atoms with E-state index in [4.69, 9.17) is 5.26 Å². The topological polar surface area (TPSA) is 94.0 Å². The third-order valence-electron chi connectivity index (χ3n) is 5.86. The fourth-order valence-corrected chi connectivity index (χ4v) is 4.26. The molecule has 0 spiro atoms. The summed E-state index contributed by atoms with van der Waals surface area (Å²) in [5.74, 6) is -0.768. The van der Waals surface area contributed by atoms with Crippen molar-refractivity contribution in [1.82, 2.24) is 16.0 Å². The van der Waals surface area contributed by atoms with E-state index in [1.54, 1.807) is 6.08 Å². The molecular weight excluding hydrogens is 335 g/mol. The van der Waals surface area contributed by atoms with Crippen molar-refractivity contribution < 1.29 is 14.0 Å². The van der Waals surface area contributed by atoms with E-state index in [0.717, 1.165) is 25.7 Å². The number of hydrogen-bond acceptors (Lipinski definition) is 4. The predicted molar refractivity (Wildman–Crippen MR) is 94.6 cm³/mol. The lowest BCUT2D eigenvalue weighted by Crippen LogP contribution is -2.52. The van der Waals surface area contributed by atoms with E-state index >= 15 is 0 Å². The van der Waals surface area contributed by atoms with Crippen LogP contribution in [0.1, 0.15) is 45.4 Å². The molecule has 0 aromatic heterocycles. The minimum Gasteiger partial charge on any atom is -0.352 e. The van der Waals surface area contributed by atoms with Crippen LogP contribution in [-0.4, -0.2) is 42.7 Å². The first-order valence-electron chi connectivity index (χ1n) is 9.56. The lowest BCUT2D eigenvalue weighted by molar-refractivity contribution is -0.124. The summed E-state index contributed by atoms with van der Waals surface area (Å²) in [6.45, 7) is 2.56. The van der Waals surface area contributed by atoms with Crippen molar-refractivity contribution in [2.75, 3.05) is 6.54 Å². The Balaban J connectivity index is 1.54. The highest BCUT2D eigenvalue weighted by Crippen LogP contribution is 2.32. The van der Waals surface area contributed by atoms with E-state index in [2.05, 4.69) is 22.0 Å². The first kappa shape index (κ1) is 18.8. The van der Waals surface area contributed by atoms with Crippen LogP contribution in [0.2, 0.25) is 0 Å². The second-order valence-electron chi connectivity index (χ2n) is 7.75. The van der Waals surface area contributed by atoms with Crippen LogP contribution in [0.25, 0.3) is 0 Å². The van der Waals surface area contributed by atoms with Gasteiger partial charge in [0.1, 0.15) is 6.17 Å². The Kier molecular flexibility index (Phi) is 5.92. The molecule has 1 saturated carbocycles. The number of amides is 2. The largest absolute Gasteiger partial charge is 0.352 e. The second-order valence-corrected chi connectivity index (χ2v) is 7.75. The fraction of sp³-hybridized carbons (Fsp3) is 0.737. The molecule has 0 radical (unpaired) electrons. The normalized spacial score (nSPS) is 35.3. The number of carbonyl (C=O) groups is 2. The Morgan fingerprint density at radius 3 is 2.92 bits per heavy atom. The van der Waals surface area contributed by atoms with Gasteiger partial charge in [-0.15, -0.1) is 0 Å². The maximum Gasteiger partial charge on any atom is 0.247 e. The van der Waals surface area contributed by atoms with Crippen LogP contribution in [0.3, 0.4) is 0 Å². The highest BCUT2D eigenvalue weighted by Gasteiger charge is 2.37. The van der Waals surface area contributed by atoms with Gasteiger partial charge in [-0.05, 0) is 39.0 Å². The number of fused-ring (bicyclic) bond motifs is 1. The number of nitrogens with one attached hydrogen (secondary N) is 3. The summed E-state index contributed by atoms with van der Waals surface area (Å²) in [5.41, 5.74) is 0.363. The first-order valence-corrected chi connectivity index (χ1v) is 9.56. The number of carbonyl (C=O) groups excluding carboxylic acids is 2. The number of nitrogens with zero attached hydrogens (tertiary/aromatic N) is 1. The molecule has 26 heavy (non-hydrogen) atoms. The molecule has 1 saturated heterocycles. The van der Waals surface area contributed by atoms with Gasteiger partial charge in [0.05, 0.1) is 18.4 Å². The van der Waals surface area contributed by atoms with Gasteiger partial charge in [0.15, 0.2) is 0 Å². The first-order chi connectivity index (χ1) is 12.5. The van der Waals surface area contributed by atoms with Crippen molar-refractivity contribution in [2.24, 2.45) is 11.8 Å². The molecule has 2 fully saturated rings. The average molecular weight is 362 g/mol. The number of alkyl halides is 1. The van der Waals surface area contributed by atoms with Gasteiger partial charge in [-0.1, -0.05) is 6.08 Å². The molecule has 2 aliphatic heterocycles. The maximum absolute atomic E-state index is 14.1. The maximum atomic E-state index is 14.1. The molecule has 142 valence electrons. The SMILES string of the molecule is C[C@@H](NC(=O)CC1=CC2C(F)CCCC2NC1=O)C1CCC(C#N)CN1. The van der Waals surface area contributed by atoms with Gasteiger partial charge < -0.3 is 16.0 Å². The number of piperidine rings is 1. The molecule has 0 aromatic carbocycles. The Hall–Kier alpha value is -1.94. The van der Waals surface area contributed by atoms with E-state index in [-0.39, 0.29) is 48.2 Å². The van der Waals surface area contributed by atoms with Crippen LogP contribution < -0.4 is 16.0 Å². The zero-order chi connectivity index (χ0) is 18.7.